The van der Waals surface area contributed by atoms with E-state index in [0.29, 0.717) is 18.5 Å². The van der Waals surface area contributed by atoms with Crippen LogP contribution >= 0.6 is 0 Å². The minimum atomic E-state index is -0.280. The molecule has 0 saturated heterocycles. The lowest BCUT2D eigenvalue weighted by molar-refractivity contribution is 0.252. The number of amides is 2. The Kier molecular flexibility index (Phi) is 5.37. The lowest BCUT2D eigenvalue weighted by atomic mass is 9.86. The zero-order valence-corrected chi connectivity index (χ0v) is 13.8. The van der Waals surface area contributed by atoms with Gasteiger partial charge in [0.2, 0.25) is 0 Å². The molecule has 0 unspecified atom stereocenters. The molecule has 0 bridgehead atoms. The molecule has 0 aliphatic rings. The Bertz CT molecular complexity index is 677. The van der Waals surface area contributed by atoms with E-state index in [2.05, 4.69) is 31.4 Å². The van der Waals surface area contributed by atoms with Crippen molar-refractivity contribution in [3.8, 4) is 0 Å². The second-order valence-corrected chi connectivity index (χ2v) is 6.52. The van der Waals surface area contributed by atoms with E-state index in [9.17, 15) is 9.18 Å². The third-order valence-electron chi connectivity index (χ3n) is 3.62. The van der Waals surface area contributed by atoms with Crippen molar-refractivity contribution in [2.45, 2.75) is 32.6 Å². The molecule has 0 spiro atoms. The second kappa shape index (κ2) is 7.27. The van der Waals surface area contributed by atoms with Crippen molar-refractivity contribution in [2.75, 3.05) is 11.9 Å². The average Bonchev–Trinajstić information content (AvgIpc) is 2.49. The fourth-order valence-corrected chi connectivity index (χ4v) is 2.42. The van der Waals surface area contributed by atoms with E-state index in [4.69, 9.17) is 0 Å². The van der Waals surface area contributed by atoms with Crippen molar-refractivity contribution in [3.63, 3.8) is 0 Å². The Morgan fingerprint density at radius 3 is 2.39 bits per heavy atom. The Balaban J connectivity index is 1.92. The van der Waals surface area contributed by atoms with Gasteiger partial charge in [-0.2, -0.15) is 0 Å². The Hall–Kier alpha value is -2.36. The van der Waals surface area contributed by atoms with Gasteiger partial charge >= 0.3 is 6.03 Å². The predicted octanol–water partition coefficient (Wildman–Crippen LogP) is 4.49. The number of benzene rings is 2. The first kappa shape index (κ1) is 17.0. The van der Waals surface area contributed by atoms with Crippen LogP contribution in [0.2, 0.25) is 0 Å². The van der Waals surface area contributed by atoms with Gasteiger partial charge in [0.25, 0.3) is 0 Å². The van der Waals surface area contributed by atoms with Crippen LogP contribution in [0.4, 0.5) is 14.9 Å². The Labute approximate surface area is 136 Å². The zero-order valence-electron chi connectivity index (χ0n) is 13.8. The number of para-hydroxylation sites is 1. The number of hydrogen-bond acceptors (Lipinski definition) is 1. The van der Waals surface area contributed by atoms with E-state index in [1.54, 1.807) is 18.2 Å². The first-order valence-electron chi connectivity index (χ1n) is 7.75. The van der Waals surface area contributed by atoms with E-state index < -0.39 is 0 Å². The van der Waals surface area contributed by atoms with E-state index >= 15 is 0 Å². The maximum Gasteiger partial charge on any atom is 0.319 e. The molecule has 0 atom stereocenters. The van der Waals surface area contributed by atoms with Gasteiger partial charge < -0.3 is 10.6 Å². The molecular weight excluding hydrogens is 291 g/mol. The summed E-state index contributed by atoms with van der Waals surface area (Å²) in [4.78, 5) is 12.1. The molecule has 0 radical (unpaired) electrons. The van der Waals surface area contributed by atoms with Crippen LogP contribution in [0, 0.1) is 5.82 Å². The molecule has 0 aromatic heterocycles. The van der Waals surface area contributed by atoms with Crippen LogP contribution in [0.3, 0.4) is 0 Å². The number of carbonyl (C=O) groups is 1. The van der Waals surface area contributed by atoms with Gasteiger partial charge in [0.1, 0.15) is 5.82 Å². The average molecular weight is 314 g/mol. The van der Waals surface area contributed by atoms with Gasteiger partial charge in [0.05, 0.1) is 0 Å². The summed E-state index contributed by atoms with van der Waals surface area (Å²) in [5.74, 6) is -0.243. The summed E-state index contributed by atoms with van der Waals surface area (Å²) in [6.07, 6.45) is 0.459. The van der Waals surface area contributed by atoms with Crippen LogP contribution in [-0.4, -0.2) is 12.6 Å². The first-order valence-corrected chi connectivity index (χ1v) is 7.75. The highest BCUT2D eigenvalue weighted by Crippen LogP contribution is 2.29. The van der Waals surface area contributed by atoms with Crippen molar-refractivity contribution >= 4 is 11.7 Å². The molecule has 2 aromatic carbocycles. The second-order valence-electron chi connectivity index (χ2n) is 6.52. The molecule has 0 aliphatic heterocycles. The number of rotatable bonds is 4. The highest BCUT2D eigenvalue weighted by Gasteiger charge is 2.18. The quantitative estimate of drug-likeness (QED) is 0.858. The molecule has 0 aliphatic carbocycles. The molecule has 4 heteroatoms. The normalized spacial score (nSPS) is 11.1. The molecule has 0 saturated carbocycles. The number of nitrogens with one attached hydrogen (secondary N) is 2. The molecule has 0 heterocycles. The summed E-state index contributed by atoms with van der Waals surface area (Å²) in [6, 6.07) is 14.1. The number of halogens is 1. The highest BCUT2D eigenvalue weighted by molar-refractivity contribution is 5.90. The van der Waals surface area contributed by atoms with Gasteiger partial charge in [0, 0.05) is 12.2 Å². The fraction of sp³-hybridized carbons (Fsp3) is 0.316. The van der Waals surface area contributed by atoms with Crippen LogP contribution < -0.4 is 10.6 Å². The maximum atomic E-state index is 13.5. The molecule has 2 amide bonds. The zero-order chi connectivity index (χ0) is 16.9. The molecule has 2 N–H and O–H groups in total. The smallest absolute Gasteiger partial charge is 0.319 e. The highest BCUT2D eigenvalue weighted by atomic mass is 19.1. The van der Waals surface area contributed by atoms with Gasteiger partial charge in [-0.3, -0.25) is 0 Å². The minimum absolute atomic E-state index is 0.0585. The molecule has 122 valence electrons. The van der Waals surface area contributed by atoms with Gasteiger partial charge in [-0.15, -0.1) is 0 Å². The van der Waals surface area contributed by atoms with Gasteiger partial charge in [0.15, 0.2) is 0 Å². The summed E-state index contributed by atoms with van der Waals surface area (Å²) in [6.45, 7) is 6.68. The standard InChI is InChI=1S/C19H23FN2O/c1-19(2,3)15-9-5-7-11-17(15)22-18(23)21-13-12-14-8-4-6-10-16(14)20/h4-11H,12-13H2,1-3H3,(H2,21,22,23). The van der Waals surface area contributed by atoms with E-state index in [1.165, 1.54) is 6.07 Å². The number of anilines is 1. The van der Waals surface area contributed by atoms with Crippen molar-refractivity contribution in [1.82, 2.24) is 5.32 Å². The topological polar surface area (TPSA) is 41.1 Å². The van der Waals surface area contributed by atoms with E-state index in [-0.39, 0.29) is 17.3 Å². The van der Waals surface area contributed by atoms with E-state index in [1.807, 2.05) is 24.3 Å². The fourth-order valence-electron chi connectivity index (χ4n) is 2.42. The number of carbonyl (C=O) groups excluding carboxylic acids is 1. The van der Waals surface area contributed by atoms with Crippen molar-refractivity contribution in [1.29, 1.82) is 0 Å². The monoisotopic (exact) mass is 314 g/mol. The lowest BCUT2D eigenvalue weighted by Crippen LogP contribution is -2.31. The van der Waals surface area contributed by atoms with Crippen LogP contribution in [0.5, 0.6) is 0 Å². The number of urea groups is 1. The molecule has 0 fully saturated rings. The van der Waals surface area contributed by atoms with Crippen LogP contribution in [0.25, 0.3) is 0 Å². The Morgan fingerprint density at radius 2 is 1.70 bits per heavy atom. The van der Waals surface area contributed by atoms with Crippen molar-refractivity contribution in [3.05, 3.63) is 65.5 Å². The predicted molar refractivity (Wildman–Crippen MR) is 92.3 cm³/mol. The lowest BCUT2D eigenvalue weighted by Gasteiger charge is -2.23. The summed E-state index contributed by atoms with van der Waals surface area (Å²) < 4.78 is 13.5. The van der Waals surface area contributed by atoms with E-state index in [0.717, 1.165) is 11.3 Å². The van der Waals surface area contributed by atoms with Crippen LogP contribution in [0.1, 0.15) is 31.9 Å². The number of hydrogen-bond donors (Lipinski definition) is 2. The molecule has 23 heavy (non-hydrogen) atoms. The third kappa shape index (κ3) is 4.81. The maximum absolute atomic E-state index is 13.5. The largest absolute Gasteiger partial charge is 0.338 e. The minimum Gasteiger partial charge on any atom is -0.338 e. The van der Waals surface area contributed by atoms with Crippen molar-refractivity contribution < 1.29 is 9.18 Å². The SMILES string of the molecule is CC(C)(C)c1ccccc1NC(=O)NCCc1ccccc1F. The van der Waals surface area contributed by atoms with Crippen LogP contribution in [-0.2, 0) is 11.8 Å². The molecule has 2 rings (SSSR count). The Morgan fingerprint density at radius 1 is 1.04 bits per heavy atom. The summed E-state index contributed by atoms with van der Waals surface area (Å²) in [7, 11) is 0. The summed E-state index contributed by atoms with van der Waals surface area (Å²) >= 11 is 0. The molecule has 3 nitrogen and oxygen atoms in total. The van der Waals surface area contributed by atoms with Crippen LogP contribution in [0.15, 0.2) is 48.5 Å². The molecule has 2 aromatic rings. The summed E-state index contributed by atoms with van der Waals surface area (Å²) in [5.41, 5.74) is 2.41. The molecular formula is C19H23FN2O. The van der Waals surface area contributed by atoms with Gasteiger partial charge in [-0.25, -0.2) is 9.18 Å². The van der Waals surface area contributed by atoms with Crippen molar-refractivity contribution in [2.24, 2.45) is 0 Å². The summed E-state index contributed by atoms with van der Waals surface area (Å²) in [5, 5.41) is 5.64. The first-order chi connectivity index (χ1) is 10.9. The third-order valence-corrected chi connectivity index (χ3v) is 3.62. The van der Waals surface area contributed by atoms with Gasteiger partial charge in [-0.05, 0) is 35.1 Å². The van der Waals surface area contributed by atoms with Gasteiger partial charge in [-0.1, -0.05) is 57.2 Å².